The second kappa shape index (κ2) is 4.71. The Kier molecular flexibility index (Phi) is 3.58. The van der Waals surface area contributed by atoms with Gasteiger partial charge in [-0.3, -0.25) is 0 Å². The molecule has 76 valence electrons. The maximum atomic E-state index is 11.0. The maximum Gasteiger partial charge on any atom is 0.356 e. The first-order valence-corrected chi connectivity index (χ1v) is 5.15. The Morgan fingerprint density at radius 1 is 1.57 bits per heavy atom. The number of methoxy groups -OCH3 is 1. The maximum absolute atomic E-state index is 11.0. The Morgan fingerprint density at radius 2 is 2.29 bits per heavy atom. The van der Waals surface area contributed by atoms with Crippen LogP contribution in [0.15, 0.2) is 18.3 Å². The van der Waals surface area contributed by atoms with Gasteiger partial charge in [0.25, 0.3) is 0 Å². The lowest BCUT2D eigenvalue weighted by atomic mass is 10.2. The van der Waals surface area contributed by atoms with Crippen LogP contribution < -0.4 is 0 Å². The second-order valence-corrected chi connectivity index (χ2v) is 3.51. The van der Waals surface area contributed by atoms with E-state index in [1.807, 2.05) is 0 Å². The number of nitrogens with zero attached hydrogens (tertiary/aromatic N) is 1. The molecule has 0 amide bonds. The topological polar surface area (TPSA) is 73.3 Å². The van der Waals surface area contributed by atoms with Crippen molar-refractivity contribution in [3.05, 3.63) is 29.6 Å². The third kappa shape index (κ3) is 2.81. The summed E-state index contributed by atoms with van der Waals surface area (Å²) in [5, 5.41) is 0. The Labute approximate surface area is 82.7 Å². The number of rotatable bonds is 3. The van der Waals surface area contributed by atoms with Gasteiger partial charge in [-0.25, -0.2) is 18.2 Å². The zero-order chi connectivity index (χ0) is 10.6. The molecular formula is C8H9NO4S. The zero-order valence-electron chi connectivity index (χ0n) is 7.47. The second-order valence-electron chi connectivity index (χ2n) is 2.53. The van der Waals surface area contributed by atoms with Crippen LogP contribution in [0.5, 0.6) is 0 Å². The predicted octanol–water partition coefficient (Wildman–Crippen LogP) is -0.0204. The molecule has 14 heavy (non-hydrogen) atoms. The molecule has 0 saturated carbocycles. The summed E-state index contributed by atoms with van der Waals surface area (Å²) >= 11 is 0. The van der Waals surface area contributed by atoms with E-state index in [-0.39, 0.29) is 11.4 Å². The molecule has 6 heteroatoms. The molecule has 0 bridgehead atoms. The van der Waals surface area contributed by atoms with Crippen molar-refractivity contribution in [1.82, 2.24) is 4.98 Å². The standard InChI is InChI=1S/C8H9NO4S/c1-13-8(10)7-4-6(2-3-9-7)5-14(11)12/h2-4,14H,5H2,1H3. The largest absolute Gasteiger partial charge is 0.464 e. The normalized spacial score (nSPS) is 10.1. The van der Waals surface area contributed by atoms with Gasteiger partial charge in [0.1, 0.15) is 16.4 Å². The molecule has 0 aromatic carbocycles. The Morgan fingerprint density at radius 3 is 2.86 bits per heavy atom. The quantitative estimate of drug-likeness (QED) is 0.566. The van der Waals surface area contributed by atoms with Gasteiger partial charge in [0.15, 0.2) is 0 Å². The Balaban J connectivity index is 2.94. The molecule has 0 atom stereocenters. The molecule has 1 aromatic rings. The third-order valence-corrected chi connectivity index (χ3v) is 2.15. The molecule has 0 fully saturated rings. The van der Waals surface area contributed by atoms with Gasteiger partial charge < -0.3 is 4.74 Å². The highest BCUT2D eigenvalue weighted by atomic mass is 32.2. The number of pyridine rings is 1. The number of ether oxygens (including phenoxy) is 1. The first-order chi connectivity index (χ1) is 6.63. The molecule has 0 aliphatic rings. The highest BCUT2D eigenvalue weighted by Crippen LogP contribution is 2.04. The van der Waals surface area contributed by atoms with Crippen LogP contribution in [0.3, 0.4) is 0 Å². The van der Waals surface area contributed by atoms with E-state index in [1.54, 1.807) is 0 Å². The van der Waals surface area contributed by atoms with E-state index >= 15 is 0 Å². The summed E-state index contributed by atoms with van der Waals surface area (Å²) < 4.78 is 25.3. The lowest BCUT2D eigenvalue weighted by Gasteiger charge is -1.99. The molecule has 0 N–H and O–H groups in total. The molecule has 5 nitrogen and oxygen atoms in total. The van der Waals surface area contributed by atoms with Gasteiger partial charge in [0.2, 0.25) is 0 Å². The van der Waals surface area contributed by atoms with Crippen LogP contribution in [-0.4, -0.2) is 26.5 Å². The van der Waals surface area contributed by atoms with Gasteiger partial charge in [-0.2, -0.15) is 0 Å². The Bertz CT molecular complexity index is 406. The lowest BCUT2D eigenvalue weighted by molar-refractivity contribution is 0.0594. The van der Waals surface area contributed by atoms with E-state index in [1.165, 1.54) is 25.4 Å². The zero-order valence-corrected chi connectivity index (χ0v) is 8.36. The van der Waals surface area contributed by atoms with Gasteiger partial charge in [-0.05, 0) is 17.7 Å². The van der Waals surface area contributed by atoms with Crippen molar-refractivity contribution in [1.29, 1.82) is 0 Å². The van der Waals surface area contributed by atoms with E-state index < -0.39 is 16.7 Å². The van der Waals surface area contributed by atoms with Gasteiger partial charge >= 0.3 is 5.97 Å². The molecule has 0 saturated heterocycles. The minimum Gasteiger partial charge on any atom is -0.464 e. The van der Waals surface area contributed by atoms with E-state index in [0.29, 0.717) is 5.56 Å². The molecule has 1 rings (SSSR count). The van der Waals surface area contributed by atoms with Crippen LogP contribution in [0.25, 0.3) is 0 Å². The molecule has 0 aliphatic heterocycles. The summed E-state index contributed by atoms with van der Waals surface area (Å²) in [6.07, 6.45) is 1.38. The summed E-state index contributed by atoms with van der Waals surface area (Å²) in [5.41, 5.74) is 0.637. The highest BCUT2D eigenvalue weighted by molar-refractivity contribution is 7.71. The van der Waals surface area contributed by atoms with Crippen molar-refractivity contribution >= 4 is 16.7 Å². The van der Waals surface area contributed by atoms with Crippen LogP contribution in [0.1, 0.15) is 16.1 Å². The molecule has 0 aliphatic carbocycles. The highest BCUT2D eigenvalue weighted by Gasteiger charge is 2.07. The summed E-state index contributed by atoms with van der Waals surface area (Å²) in [4.78, 5) is 14.8. The Hall–Kier alpha value is -1.43. The van der Waals surface area contributed by atoms with Crippen molar-refractivity contribution in [2.24, 2.45) is 0 Å². The third-order valence-electron chi connectivity index (χ3n) is 1.53. The van der Waals surface area contributed by atoms with Gasteiger partial charge in [-0.1, -0.05) is 0 Å². The fraction of sp³-hybridized carbons (Fsp3) is 0.250. The smallest absolute Gasteiger partial charge is 0.356 e. The van der Waals surface area contributed by atoms with Crippen LogP contribution in [0.4, 0.5) is 0 Å². The number of hydrogen-bond donors (Lipinski definition) is 1. The number of aromatic nitrogens is 1. The predicted molar refractivity (Wildman–Crippen MR) is 49.6 cm³/mol. The van der Waals surface area contributed by atoms with Crippen molar-refractivity contribution in [3.8, 4) is 0 Å². The summed E-state index contributed by atoms with van der Waals surface area (Å²) in [6.45, 7) is 0. The molecule has 1 heterocycles. The average molecular weight is 215 g/mol. The van der Waals surface area contributed by atoms with Gasteiger partial charge in [0.05, 0.1) is 12.9 Å². The number of esters is 1. The summed E-state index contributed by atoms with van der Waals surface area (Å²) in [6, 6.07) is 2.94. The van der Waals surface area contributed by atoms with Crippen LogP contribution in [0.2, 0.25) is 0 Å². The molecule has 0 unspecified atom stereocenters. The SMILES string of the molecule is COC(=O)c1cc(C[SH](=O)=O)ccn1. The monoisotopic (exact) mass is 215 g/mol. The van der Waals surface area contributed by atoms with Crippen LogP contribution in [-0.2, 0) is 21.2 Å². The summed E-state index contributed by atoms with van der Waals surface area (Å²) in [5.74, 6) is -0.671. The molecule has 1 aromatic heterocycles. The number of hydrogen-bond acceptors (Lipinski definition) is 5. The van der Waals surface area contributed by atoms with Crippen molar-refractivity contribution in [2.45, 2.75) is 5.75 Å². The first-order valence-electron chi connectivity index (χ1n) is 3.78. The number of carbonyl (C=O) groups excluding carboxylic acids is 1. The van der Waals surface area contributed by atoms with E-state index in [2.05, 4.69) is 9.72 Å². The minimum absolute atomic E-state index is 0.0954. The van der Waals surface area contributed by atoms with E-state index in [9.17, 15) is 13.2 Å². The molecule has 0 spiro atoms. The summed E-state index contributed by atoms with van der Waals surface area (Å²) in [7, 11) is -1.25. The van der Waals surface area contributed by atoms with Crippen molar-refractivity contribution in [3.63, 3.8) is 0 Å². The lowest BCUT2D eigenvalue weighted by Crippen LogP contribution is -2.04. The van der Waals surface area contributed by atoms with Crippen LogP contribution >= 0.6 is 0 Å². The van der Waals surface area contributed by atoms with Gasteiger partial charge in [0, 0.05) is 6.20 Å². The number of thiol groups is 1. The van der Waals surface area contributed by atoms with Crippen LogP contribution in [0, 0.1) is 0 Å². The fourth-order valence-corrected chi connectivity index (χ4v) is 1.43. The fourth-order valence-electron chi connectivity index (χ4n) is 0.938. The van der Waals surface area contributed by atoms with Crippen molar-refractivity contribution < 1.29 is 17.9 Å². The van der Waals surface area contributed by atoms with Crippen molar-refractivity contribution in [2.75, 3.05) is 7.11 Å². The first kappa shape index (κ1) is 10.6. The molecular weight excluding hydrogens is 206 g/mol. The molecule has 0 radical (unpaired) electrons. The minimum atomic E-state index is -2.49. The van der Waals surface area contributed by atoms with E-state index in [0.717, 1.165) is 0 Å². The number of carbonyl (C=O) groups is 1. The van der Waals surface area contributed by atoms with Gasteiger partial charge in [-0.15, -0.1) is 0 Å². The van der Waals surface area contributed by atoms with E-state index in [4.69, 9.17) is 0 Å². The average Bonchev–Trinajstić information content (AvgIpc) is 2.16.